The van der Waals surface area contributed by atoms with Crippen LogP contribution in [-0.4, -0.2) is 34.1 Å². The number of carboxylic acids is 1. The number of nitro benzene ring substituents is 1. The molecular weight excluding hydrogens is 286 g/mol. The van der Waals surface area contributed by atoms with Gasteiger partial charge in [0, 0.05) is 19.3 Å². The minimum Gasteiger partial charge on any atom is -0.481 e. The first kappa shape index (κ1) is 14.2. The van der Waals surface area contributed by atoms with Gasteiger partial charge in [-0.1, -0.05) is 0 Å². The van der Waals surface area contributed by atoms with Crippen LogP contribution in [0.15, 0.2) is 30.5 Å². The molecule has 1 aliphatic heterocycles. The number of pyridine rings is 1. The number of hydrogen-bond donors (Lipinski definition) is 1. The third kappa shape index (κ3) is 2.14. The number of fused-ring (bicyclic) bond motifs is 1. The van der Waals surface area contributed by atoms with Crippen LogP contribution in [0.25, 0.3) is 10.9 Å². The summed E-state index contributed by atoms with van der Waals surface area (Å²) in [6.45, 7) is 2.41. The monoisotopic (exact) mass is 301 g/mol. The molecule has 1 N–H and O–H groups in total. The van der Waals surface area contributed by atoms with Crippen LogP contribution in [0.1, 0.15) is 13.3 Å². The van der Waals surface area contributed by atoms with Crippen molar-refractivity contribution in [2.75, 3.05) is 18.0 Å². The van der Waals surface area contributed by atoms with Crippen LogP contribution in [0.2, 0.25) is 0 Å². The zero-order valence-corrected chi connectivity index (χ0v) is 12.0. The Morgan fingerprint density at radius 3 is 2.86 bits per heavy atom. The summed E-state index contributed by atoms with van der Waals surface area (Å²) >= 11 is 0. The molecule has 0 aliphatic carbocycles. The van der Waals surface area contributed by atoms with Crippen LogP contribution in [0, 0.1) is 15.5 Å². The summed E-state index contributed by atoms with van der Waals surface area (Å²) in [5, 5.41) is 21.3. The minimum atomic E-state index is -0.877. The van der Waals surface area contributed by atoms with Gasteiger partial charge in [0.25, 0.3) is 0 Å². The maximum atomic E-state index is 11.5. The summed E-state index contributed by atoms with van der Waals surface area (Å²) < 4.78 is 0. The van der Waals surface area contributed by atoms with Gasteiger partial charge in [-0.3, -0.25) is 19.9 Å². The van der Waals surface area contributed by atoms with Crippen molar-refractivity contribution in [2.45, 2.75) is 13.3 Å². The first-order valence-corrected chi connectivity index (χ1v) is 6.93. The van der Waals surface area contributed by atoms with Gasteiger partial charge in [-0.2, -0.15) is 0 Å². The fraction of sp³-hybridized carbons (Fsp3) is 0.333. The fourth-order valence-corrected chi connectivity index (χ4v) is 2.91. The highest BCUT2D eigenvalue weighted by molar-refractivity contribution is 5.94. The van der Waals surface area contributed by atoms with Gasteiger partial charge in [-0.25, -0.2) is 0 Å². The van der Waals surface area contributed by atoms with Crippen LogP contribution in [0.4, 0.5) is 11.4 Å². The quantitative estimate of drug-likeness (QED) is 0.691. The van der Waals surface area contributed by atoms with E-state index in [2.05, 4.69) is 4.98 Å². The molecule has 114 valence electrons. The van der Waals surface area contributed by atoms with Crippen LogP contribution in [0.3, 0.4) is 0 Å². The maximum Gasteiger partial charge on any atom is 0.311 e. The Balaban J connectivity index is 2.10. The molecule has 1 aromatic heterocycles. The summed E-state index contributed by atoms with van der Waals surface area (Å²) in [5.74, 6) is -0.875. The zero-order valence-electron chi connectivity index (χ0n) is 12.0. The molecule has 1 unspecified atom stereocenters. The lowest BCUT2D eigenvalue weighted by molar-refractivity contribution is -0.382. The predicted octanol–water partition coefficient (Wildman–Crippen LogP) is 2.44. The normalized spacial score (nSPS) is 21.2. The number of nitro groups is 1. The third-order valence-corrected chi connectivity index (χ3v) is 4.25. The lowest BCUT2D eigenvalue weighted by Crippen LogP contribution is -2.31. The van der Waals surface area contributed by atoms with Crippen molar-refractivity contribution in [3.05, 3.63) is 40.6 Å². The van der Waals surface area contributed by atoms with Gasteiger partial charge in [0.1, 0.15) is 5.69 Å². The van der Waals surface area contributed by atoms with E-state index in [0.29, 0.717) is 29.6 Å². The molecule has 1 atom stereocenters. The molecule has 1 saturated heterocycles. The number of hydrogen-bond acceptors (Lipinski definition) is 5. The van der Waals surface area contributed by atoms with Crippen molar-refractivity contribution >= 4 is 28.2 Å². The van der Waals surface area contributed by atoms with Gasteiger partial charge < -0.3 is 10.0 Å². The number of benzene rings is 1. The molecule has 1 aromatic carbocycles. The molecule has 0 spiro atoms. The average Bonchev–Trinajstić information content (AvgIpc) is 2.89. The molecule has 0 saturated carbocycles. The number of aliphatic carboxylic acids is 1. The van der Waals surface area contributed by atoms with E-state index in [1.54, 1.807) is 42.3 Å². The summed E-state index contributed by atoms with van der Waals surface area (Å²) in [6.07, 6.45) is 2.05. The molecule has 22 heavy (non-hydrogen) atoms. The SMILES string of the molecule is CC1(C(=O)O)CCN(c2ccc3ncccc3c2[N+](=O)[O-])C1. The Morgan fingerprint density at radius 2 is 2.23 bits per heavy atom. The van der Waals surface area contributed by atoms with Crippen LogP contribution in [-0.2, 0) is 4.79 Å². The van der Waals surface area contributed by atoms with E-state index < -0.39 is 16.3 Å². The number of carbonyl (C=O) groups is 1. The molecule has 7 heteroatoms. The first-order chi connectivity index (χ1) is 10.4. The van der Waals surface area contributed by atoms with Gasteiger partial charge in [0.15, 0.2) is 0 Å². The molecule has 2 aromatic rings. The Labute approximate surface area is 126 Å². The number of carboxylic acid groups (broad SMARTS) is 1. The molecule has 3 rings (SSSR count). The van der Waals surface area contributed by atoms with Gasteiger partial charge in [-0.15, -0.1) is 0 Å². The molecule has 2 heterocycles. The summed E-state index contributed by atoms with van der Waals surface area (Å²) in [5.41, 5.74) is 0.117. The van der Waals surface area contributed by atoms with Gasteiger partial charge in [-0.05, 0) is 37.6 Å². The molecule has 1 aliphatic rings. The molecular formula is C15H15N3O4. The van der Waals surface area contributed by atoms with Gasteiger partial charge >= 0.3 is 11.7 Å². The van der Waals surface area contributed by atoms with E-state index in [1.807, 2.05) is 0 Å². The number of anilines is 1. The van der Waals surface area contributed by atoms with E-state index in [1.165, 1.54) is 0 Å². The molecule has 0 radical (unpaired) electrons. The van der Waals surface area contributed by atoms with E-state index >= 15 is 0 Å². The number of nitrogens with zero attached hydrogens (tertiary/aromatic N) is 3. The second-order valence-electron chi connectivity index (χ2n) is 5.80. The highest BCUT2D eigenvalue weighted by Gasteiger charge is 2.42. The number of aromatic nitrogens is 1. The van der Waals surface area contributed by atoms with E-state index in [-0.39, 0.29) is 12.2 Å². The number of rotatable bonds is 3. The van der Waals surface area contributed by atoms with Gasteiger partial charge in [0.05, 0.1) is 21.2 Å². The second-order valence-corrected chi connectivity index (χ2v) is 5.80. The maximum absolute atomic E-state index is 11.5. The van der Waals surface area contributed by atoms with Crippen LogP contribution >= 0.6 is 0 Å². The highest BCUT2D eigenvalue weighted by atomic mass is 16.6. The van der Waals surface area contributed by atoms with Gasteiger partial charge in [0.2, 0.25) is 0 Å². The van der Waals surface area contributed by atoms with Crippen molar-refractivity contribution in [3.63, 3.8) is 0 Å². The summed E-state index contributed by atoms with van der Waals surface area (Å²) in [4.78, 5) is 28.4. The third-order valence-electron chi connectivity index (χ3n) is 4.25. The molecule has 0 bridgehead atoms. The molecule has 7 nitrogen and oxygen atoms in total. The molecule has 0 amide bonds. The largest absolute Gasteiger partial charge is 0.481 e. The van der Waals surface area contributed by atoms with Crippen molar-refractivity contribution in [2.24, 2.45) is 5.41 Å². The average molecular weight is 301 g/mol. The van der Waals surface area contributed by atoms with Crippen molar-refractivity contribution in [1.82, 2.24) is 4.98 Å². The Hall–Kier alpha value is -2.70. The van der Waals surface area contributed by atoms with E-state index in [0.717, 1.165) is 0 Å². The topological polar surface area (TPSA) is 96.6 Å². The Kier molecular flexibility index (Phi) is 3.20. The summed E-state index contributed by atoms with van der Waals surface area (Å²) in [6, 6.07) is 6.70. The van der Waals surface area contributed by atoms with Crippen molar-refractivity contribution in [3.8, 4) is 0 Å². The standard InChI is InChI=1S/C15H15N3O4/c1-15(14(19)20)6-8-17(9-15)12-5-4-11-10(3-2-7-16-11)13(12)18(21)22/h2-5,7H,6,8-9H2,1H3,(H,19,20). The summed E-state index contributed by atoms with van der Waals surface area (Å²) in [7, 11) is 0. The Bertz CT molecular complexity index is 776. The van der Waals surface area contributed by atoms with Crippen LogP contribution in [0.5, 0.6) is 0 Å². The smallest absolute Gasteiger partial charge is 0.311 e. The lowest BCUT2D eigenvalue weighted by atomic mass is 9.90. The highest BCUT2D eigenvalue weighted by Crippen LogP contribution is 2.40. The zero-order chi connectivity index (χ0) is 15.9. The van der Waals surface area contributed by atoms with Crippen molar-refractivity contribution < 1.29 is 14.8 Å². The lowest BCUT2D eigenvalue weighted by Gasteiger charge is -2.22. The molecule has 1 fully saturated rings. The first-order valence-electron chi connectivity index (χ1n) is 6.93. The Morgan fingerprint density at radius 1 is 1.45 bits per heavy atom. The van der Waals surface area contributed by atoms with E-state index in [4.69, 9.17) is 0 Å². The van der Waals surface area contributed by atoms with Crippen LogP contribution < -0.4 is 4.90 Å². The fourth-order valence-electron chi connectivity index (χ4n) is 2.91. The minimum absolute atomic E-state index is 0.0137. The van der Waals surface area contributed by atoms with Crippen molar-refractivity contribution in [1.29, 1.82) is 0 Å². The predicted molar refractivity (Wildman–Crippen MR) is 81.0 cm³/mol. The second kappa shape index (κ2) is 4.94. The van der Waals surface area contributed by atoms with E-state index in [9.17, 15) is 20.0 Å².